The highest BCUT2D eigenvalue weighted by Crippen LogP contribution is 2.26. The summed E-state index contributed by atoms with van der Waals surface area (Å²) in [5.41, 5.74) is 3.05. The number of aryl methyl sites for hydroxylation is 2. The van der Waals surface area contributed by atoms with Crippen LogP contribution in [-0.2, 0) is 27.1 Å². The summed E-state index contributed by atoms with van der Waals surface area (Å²) in [6, 6.07) is 10.1. The summed E-state index contributed by atoms with van der Waals surface area (Å²) in [4.78, 5) is 36.6. The SMILES string of the molecule is COC(=O)c1ccc(C(=O)OC)c(NC(=O)C(C)Oc2ccc3c(c2)CCCC3)c1. The molecule has 2 aromatic rings. The Labute approximate surface area is 175 Å². The molecular formula is C23H25NO6. The van der Waals surface area contributed by atoms with E-state index in [0.717, 1.165) is 19.3 Å². The molecular weight excluding hydrogens is 386 g/mol. The number of amides is 1. The predicted octanol–water partition coefficient (Wildman–Crippen LogP) is 3.54. The number of carbonyl (C=O) groups excluding carboxylic acids is 3. The topological polar surface area (TPSA) is 90.9 Å². The molecule has 1 aliphatic carbocycles. The third-order valence-corrected chi connectivity index (χ3v) is 5.11. The van der Waals surface area contributed by atoms with Crippen LogP contribution in [0.1, 0.15) is 51.6 Å². The van der Waals surface area contributed by atoms with E-state index < -0.39 is 23.9 Å². The molecule has 0 heterocycles. The molecule has 0 saturated heterocycles. The van der Waals surface area contributed by atoms with Gasteiger partial charge in [-0.25, -0.2) is 9.59 Å². The Hall–Kier alpha value is -3.35. The second-order valence-corrected chi connectivity index (χ2v) is 7.13. The van der Waals surface area contributed by atoms with Crippen LogP contribution < -0.4 is 10.1 Å². The van der Waals surface area contributed by atoms with Crippen LogP contribution in [-0.4, -0.2) is 38.2 Å². The Morgan fingerprint density at radius 1 is 0.900 bits per heavy atom. The largest absolute Gasteiger partial charge is 0.481 e. The highest BCUT2D eigenvalue weighted by Gasteiger charge is 2.21. The predicted molar refractivity (Wildman–Crippen MR) is 111 cm³/mol. The quantitative estimate of drug-likeness (QED) is 0.731. The Morgan fingerprint density at radius 3 is 2.30 bits per heavy atom. The Kier molecular flexibility index (Phi) is 6.72. The van der Waals surface area contributed by atoms with E-state index in [1.165, 1.54) is 50.0 Å². The number of fused-ring (bicyclic) bond motifs is 1. The fourth-order valence-electron chi connectivity index (χ4n) is 3.46. The highest BCUT2D eigenvalue weighted by molar-refractivity contribution is 6.04. The van der Waals surface area contributed by atoms with Crippen molar-refractivity contribution in [1.29, 1.82) is 0 Å². The summed E-state index contributed by atoms with van der Waals surface area (Å²) in [7, 11) is 2.49. The van der Waals surface area contributed by atoms with Crippen molar-refractivity contribution in [3.63, 3.8) is 0 Å². The van der Waals surface area contributed by atoms with Crippen LogP contribution in [0.2, 0.25) is 0 Å². The van der Waals surface area contributed by atoms with E-state index in [1.807, 2.05) is 18.2 Å². The maximum absolute atomic E-state index is 12.7. The zero-order chi connectivity index (χ0) is 21.7. The monoisotopic (exact) mass is 411 g/mol. The van der Waals surface area contributed by atoms with Gasteiger partial charge in [0.25, 0.3) is 5.91 Å². The molecule has 7 nitrogen and oxygen atoms in total. The second kappa shape index (κ2) is 9.43. The normalized spacial score (nSPS) is 13.6. The van der Waals surface area contributed by atoms with Gasteiger partial charge in [0.05, 0.1) is 31.0 Å². The number of benzene rings is 2. The van der Waals surface area contributed by atoms with Crippen LogP contribution >= 0.6 is 0 Å². The average molecular weight is 411 g/mol. The van der Waals surface area contributed by atoms with Gasteiger partial charge in [0.2, 0.25) is 0 Å². The molecule has 1 N–H and O–H groups in total. The lowest BCUT2D eigenvalue weighted by Gasteiger charge is -2.19. The molecule has 1 atom stereocenters. The number of rotatable bonds is 6. The van der Waals surface area contributed by atoms with Crippen LogP contribution in [0, 0.1) is 0 Å². The zero-order valence-corrected chi connectivity index (χ0v) is 17.3. The first-order valence-corrected chi connectivity index (χ1v) is 9.83. The van der Waals surface area contributed by atoms with E-state index in [9.17, 15) is 14.4 Å². The van der Waals surface area contributed by atoms with Crippen molar-refractivity contribution in [3.8, 4) is 5.75 Å². The minimum atomic E-state index is -0.820. The second-order valence-electron chi connectivity index (χ2n) is 7.13. The van der Waals surface area contributed by atoms with Gasteiger partial charge in [-0.1, -0.05) is 6.07 Å². The number of anilines is 1. The van der Waals surface area contributed by atoms with Crippen LogP contribution in [0.3, 0.4) is 0 Å². The van der Waals surface area contributed by atoms with Crippen molar-refractivity contribution >= 4 is 23.5 Å². The van der Waals surface area contributed by atoms with E-state index in [1.54, 1.807) is 6.92 Å². The summed E-state index contributed by atoms with van der Waals surface area (Å²) in [6.07, 6.45) is 3.60. The molecule has 0 aliphatic heterocycles. The molecule has 0 bridgehead atoms. The molecule has 0 radical (unpaired) electrons. The highest BCUT2D eigenvalue weighted by atomic mass is 16.5. The lowest BCUT2D eigenvalue weighted by molar-refractivity contribution is -0.122. The number of nitrogens with one attached hydrogen (secondary N) is 1. The molecule has 0 saturated carbocycles. The number of esters is 2. The minimum absolute atomic E-state index is 0.125. The summed E-state index contributed by atoms with van der Waals surface area (Å²) < 4.78 is 15.3. The Balaban J connectivity index is 1.77. The Morgan fingerprint density at radius 2 is 1.60 bits per heavy atom. The van der Waals surface area contributed by atoms with Gasteiger partial charge in [-0.2, -0.15) is 0 Å². The van der Waals surface area contributed by atoms with Crippen LogP contribution in [0.4, 0.5) is 5.69 Å². The lowest BCUT2D eigenvalue weighted by Crippen LogP contribution is -2.31. The molecule has 158 valence electrons. The van der Waals surface area contributed by atoms with Crippen LogP contribution in [0.25, 0.3) is 0 Å². The van der Waals surface area contributed by atoms with Crippen molar-refractivity contribution in [2.45, 2.75) is 38.7 Å². The molecule has 2 aromatic carbocycles. The van der Waals surface area contributed by atoms with Gasteiger partial charge < -0.3 is 19.5 Å². The zero-order valence-electron chi connectivity index (χ0n) is 17.3. The smallest absolute Gasteiger partial charge is 0.339 e. The fraction of sp³-hybridized carbons (Fsp3) is 0.348. The number of methoxy groups -OCH3 is 2. The summed E-state index contributed by atoms with van der Waals surface area (Å²) in [6.45, 7) is 1.62. The first-order chi connectivity index (χ1) is 14.4. The van der Waals surface area contributed by atoms with Gasteiger partial charge in [0.1, 0.15) is 5.75 Å². The number of carbonyl (C=O) groups is 3. The molecule has 1 unspecified atom stereocenters. The Bertz CT molecular complexity index is 968. The fourth-order valence-corrected chi connectivity index (χ4v) is 3.46. The standard InChI is InChI=1S/C23H25NO6/c1-14(30-18-10-8-15-6-4-5-7-16(15)12-18)21(25)24-20-13-17(22(26)28-2)9-11-19(20)23(27)29-3/h8-14H,4-7H2,1-3H3,(H,24,25). The van der Waals surface area contributed by atoms with Gasteiger partial charge in [-0.05, 0) is 74.1 Å². The first-order valence-electron chi connectivity index (χ1n) is 9.83. The maximum Gasteiger partial charge on any atom is 0.339 e. The van der Waals surface area contributed by atoms with E-state index in [2.05, 4.69) is 5.32 Å². The van der Waals surface area contributed by atoms with E-state index in [-0.39, 0.29) is 16.8 Å². The summed E-state index contributed by atoms with van der Waals surface area (Å²) >= 11 is 0. The van der Waals surface area contributed by atoms with Gasteiger partial charge >= 0.3 is 11.9 Å². The van der Waals surface area contributed by atoms with Gasteiger partial charge in [-0.3, -0.25) is 4.79 Å². The lowest BCUT2D eigenvalue weighted by atomic mass is 9.92. The van der Waals surface area contributed by atoms with Crippen molar-refractivity contribution in [3.05, 3.63) is 58.7 Å². The number of ether oxygens (including phenoxy) is 3. The first kappa shape index (κ1) is 21.4. The van der Waals surface area contributed by atoms with Crippen molar-refractivity contribution in [2.75, 3.05) is 19.5 Å². The molecule has 0 aromatic heterocycles. The van der Waals surface area contributed by atoms with Crippen LogP contribution in [0.5, 0.6) is 5.75 Å². The molecule has 0 fully saturated rings. The van der Waals surface area contributed by atoms with Crippen molar-refractivity contribution in [1.82, 2.24) is 0 Å². The van der Waals surface area contributed by atoms with Gasteiger partial charge in [0.15, 0.2) is 6.10 Å². The van der Waals surface area contributed by atoms with Gasteiger partial charge in [0, 0.05) is 0 Å². The molecule has 0 spiro atoms. The number of hydrogen-bond donors (Lipinski definition) is 1. The van der Waals surface area contributed by atoms with Crippen molar-refractivity contribution in [2.24, 2.45) is 0 Å². The average Bonchev–Trinajstić information content (AvgIpc) is 2.77. The minimum Gasteiger partial charge on any atom is -0.481 e. The number of hydrogen-bond acceptors (Lipinski definition) is 6. The maximum atomic E-state index is 12.7. The summed E-state index contributed by atoms with van der Waals surface area (Å²) in [5, 5.41) is 2.65. The third-order valence-electron chi connectivity index (χ3n) is 5.11. The van der Waals surface area contributed by atoms with Crippen LogP contribution in [0.15, 0.2) is 36.4 Å². The van der Waals surface area contributed by atoms with Crippen molar-refractivity contribution < 1.29 is 28.6 Å². The molecule has 30 heavy (non-hydrogen) atoms. The van der Waals surface area contributed by atoms with E-state index in [4.69, 9.17) is 14.2 Å². The summed E-state index contributed by atoms with van der Waals surface area (Å²) in [5.74, 6) is -1.06. The molecule has 1 aliphatic rings. The molecule has 3 rings (SSSR count). The third kappa shape index (κ3) is 4.79. The molecule has 1 amide bonds. The van der Waals surface area contributed by atoms with Gasteiger partial charge in [-0.15, -0.1) is 0 Å². The van der Waals surface area contributed by atoms with E-state index >= 15 is 0 Å². The van der Waals surface area contributed by atoms with E-state index in [0.29, 0.717) is 5.75 Å². The molecule has 7 heteroatoms.